The number of carbonyl (C=O) groups is 2. The summed E-state index contributed by atoms with van der Waals surface area (Å²) in [6, 6.07) is 6.00. The molecule has 134 valence electrons. The highest BCUT2D eigenvalue weighted by atomic mass is 19.1. The first-order valence-electron chi connectivity index (χ1n) is 7.70. The van der Waals surface area contributed by atoms with Crippen LogP contribution in [0, 0.1) is 12.7 Å². The van der Waals surface area contributed by atoms with Gasteiger partial charge in [-0.3, -0.25) is 4.79 Å². The molecule has 2 aromatic rings. The molecule has 1 heterocycles. The van der Waals surface area contributed by atoms with Crippen molar-refractivity contribution >= 4 is 11.9 Å². The minimum absolute atomic E-state index is 0.0876. The molecule has 7 heteroatoms. The molecule has 0 atom stereocenters. The minimum atomic E-state index is -1.07. The number of aromatic carboxylic acids is 1. The molecule has 1 N–H and O–H groups in total. The first kappa shape index (κ1) is 18.5. The highest BCUT2D eigenvalue weighted by molar-refractivity contribution is 5.88. The van der Waals surface area contributed by atoms with Gasteiger partial charge in [-0.05, 0) is 37.1 Å². The lowest BCUT2D eigenvalue weighted by Crippen LogP contribution is -2.26. The van der Waals surface area contributed by atoms with E-state index in [9.17, 15) is 14.0 Å². The number of hydrogen-bond acceptors (Lipinski definition) is 4. The summed E-state index contributed by atoms with van der Waals surface area (Å²) in [5, 5.41) is 9.01. The molecule has 1 aromatic heterocycles. The van der Waals surface area contributed by atoms with E-state index in [0.29, 0.717) is 23.5 Å². The van der Waals surface area contributed by atoms with Crippen molar-refractivity contribution < 1.29 is 28.2 Å². The van der Waals surface area contributed by atoms with Crippen LogP contribution in [-0.4, -0.2) is 36.0 Å². The third kappa shape index (κ3) is 4.59. The largest absolute Gasteiger partial charge is 0.494 e. The van der Waals surface area contributed by atoms with Crippen LogP contribution in [0.1, 0.15) is 33.9 Å². The third-order valence-corrected chi connectivity index (χ3v) is 3.86. The van der Waals surface area contributed by atoms with Crippen LogP contribution < -0.4 is 4.74 Å². The fraction of sp³-hybridized carbons (Fsp3) is 0.333. The van der Waals surface area contributed by atoms with Gasteiger partial charge in [0.2, 0.25) is 5.91 Å². The second kappa shape index (κ2) is 7.83. The molecule has 0 saturated heterocycles. The predicted octanol–water partition coefficient (Wildman–Crippen LogP) is 3.03. The number of carboxylic acids is 1. The van der Waals surface area contributed by atoms with Crippen LogP contribution in [0.4, 0.5) is 4.39 Å². The number of furan rings is 1. The van der Waals surface area contributed by atoms with Gasteiger partial charge in [-0.2, -0.15) is 0 Å². The summed E-state index contributed by atoms with van der Waals surface area (Å²) >= 11 is 0. The number of benzene rings is 1. The molecule has 0 aliphatic carbocycles. The monoisotopic (exact) mass is 349 g/mol. The van der Waals surface area contributed by atoms with E-state index in [0.717, 1.165) is 0 Å². The lowest BCUT2D eigenvalue weighted by Gasteiger charge is -2.15. The number of amides is 1. The number of nitrogens with zero attached hydrogens (tertiary/aromatic N) is 1. The maximum Gasteiger partial charge on any atom is 0.339 e. The van der Waals surface area contributed by atoms with Crippen molar-refractivity contribution in [2.75, 3.05) is 14.2 Å². The average Bonchev–Trinajstić information content (AvgIpc) is 2.93. The van der Waals surface area contributed by atoms with Crippen LogP contribution in [0.2, 0.25) is 0 Å². The van der Waals surface area contributed by atoms with Crippen molar-refractivity contribution in [1.29, 1.82) is 0 Å². The summed E-state index contributed by atoms with van der Waals surface area (Å²) in [4.78, 5) is 24.7. The smallest absolute Gasteiger partial charge is 0.339 e. The average molecular weight is 349 g/mol. The van der Waals surface area contributed by atoms with Gasteiger partial charge in [-0.25, -0.2) is 9.18 Å². The van der Waals surface area contributed by atoms with E-state index in [1.807, 2.05) is 0 Å². The standard InChI is InChI=1S/C18H20FNO5/c1-11-14(18(22)23)9-13(25-11)10-20(2)17(21)7-5-12-4-6-16(24-3)15(19)8-12/h4,6,8-9H,5,7,10H2,1-3H3,(H,22,23). The molecule has 0 bridgehead atoms. The Kier molecular flexibility index (Phi) is 5.80. The molecule has 0 radical (unpaired) electrons. The molecule has 0 saturated carbocycles. The predicted molar refractivity (Wildman–Crippen MR) is 88.2 cm³/mol. The molecule has 2 rings (SSSR count). The van der Waals surface area contributed by atoms with Gasteiger partial charge < -0.3 is 19.2 Å². The molecular formula is C18H20FNO5. The van der Waals surface area contributed by atoms with Crippen molar-refractivity contribution in [1.82, 2.24) is 4.90 Å². The quantitative estimate of drug-likeness (QED) is 0.831. The SMILES string of the molecule is COc1ccc(CCC(=O)N(C)Cc2cc(C(=O)O)c(C)o2)cc1F. The molecule has 1 amide bonds. The first-order valence-corrected chi connectivity index (χ1v) is 7.70. The maximum absolute atomic E-state index is 13.6. The molecule has 25 heavy (non-hydrogen) atoms. The van der Waals surface area contributed by atoms with Crippen LogP contribution in [-0.2, 0) is 17.8 Å². The molecule has 0 aliphatic rings. The third-order valence-electron chi connectivity index (χ3n) is 3.86. The number of ether oxygens (including phenoxy) is 1. The van der Waals surface area contributed by atoms with E-state index >= 15 is 0 Å². The number of carbonyl (C=O) groups excluding carboxylic acids is 1. The Hall–Kier alpha value is -2.83. The topological polar surface area (TPSA) is 80.0 Å². The number of halogens is 1. The summed E-state index contributed by atoms with van der Waals surface area (Å²) in [6.45, 7) is 1.73. The first-order chi connectivity index (χ1) is 11.8. The normalized spacial score (nSPS) is 10.6. The van der Waals surface area contributed by atoms with E-state index in [1.54, 1.807) is 20.0 Å². The van der Waals surface area contributed by atoms with Gasteiger partial charge in [0.25, 0.3) is 0 Å². The van der Waals surface area contributed by atoms with Crippen LogP contribution in [0.5, 0.6) is 5.75 Å². The zero-order valence-electron chi connectivity index (χ0n) is 14.3. The summed E-state index contributed by atoms with van der Waals surface area (Å²) < 4.78 is 23.9. The van der Waals surface area contributed by atoms with Gasteiger partial charge in [0.05, 0.1) is 13.7 Å². The molecule has 0 aliphatic heterocycles. The Morgan fingerprint density at radius 2 is 2.04 bits per heavy atom. The molecule has 0 fully saturated rings. The van der Waals surface area contributed by atoms with Crippen molar-refractivity contribution in [3.05, 3.63) is 52.7 Å². The van der Waals surface area contributed by atoms with Gasteiger partial charge in [-0.1, -0.05) is 6.07 Å². The Morgan fingerprint density at radius 3 is 2.60 bits per heavy atom. The number of rotatable bonds is 7. The summed E-state index contributed by atoms with van der Waals surface area (Å²) in [5.74, 6) is -0.814. The number of aryl methyl sites for hydroxylation is 2. The van der Waals surface area contributed by atoms with Crippen molar-refractivity contribution in [3.8, 4) is 5.75 Å². The van der Waals surface area contributed by atoms with Crippen LogP contribution in [0.25, 0.3) is 0 Å². The van der Waals surface area contributed by atoms with Crippen LogP contribution in [0.15, 0.2) is 28.7 Å². The molecule has 6 nitrogen and oxygen atoms in total. The zero-order chi connectivity index (χ0) is 18.6. The lowest BCUT2D eigenvalue weighted by molar-refractivity contribution is -0.130. The summed E-state index contributed by atoms with van der Waals surface area (Å²) in [5.41, 5.74) is 0.784. The van der Waals surface area contributed by atoms with E-state index in [1.165, 1.54) is 30.2 Å². The molecule has 1 aromatic carbocycles. The van der Waals surface area contributed by atoms with Crippen molar-refractivity contribution in [2.45, 2.75) is 26.3 Å². The fourth-order valence-electron chi connectivity index (χ4n) is 2.46. The molecule has 0 unspecified atom stereocenters. The minimum Gasteiger partial charge on any atom is -0.494 e. The van der Waals surface area contributed by atoms with Gasteiger partial charge in [0, 0.05) is 13.5 Å². The second-order valence-electron chi connectivity index (χ2n) is 5.71. The second-order valence-corrected chi connectivity index (χ2v) is 5.71. The van der Waals surface area contributed by atoms with Gasteiger partial charge in [-0.15, -0.1) is 0 Å². The number of carboxylic acid groups (broad SMARTS) is 1. The Labute approximate surface area is 144 Å². The Morgan fingerprint density at radius 1 is 1.32 bits per heavy atom. The molecule has 0 spiro atoms. The van der Waals surface area contributed by atoms with Crippen molar-refractivity contribution in [2.24, 2.45) is 0 Å². The maximum atomic E-state index is 13.6. The highest BCUT2D eigenvalue weighted by Gasteiger charge is 2.17. The van der Waals surface area contributed by atoms with E-state index in [2.05, 4.69) is 0 Å². The Bertz CT molecular complexity index is 784. The highest BCUT2D eigenvalue weighted by Crippen LogP contribution is 2.19. The van der Waals surface area contributed by atoms with Gasteiger partial charge in [0.15, 0.2) is 11.6 Å². The van der Waals surface area contributed by atoms with E-state index in [-0.39, 0.29) is 30.2 Å². The summed E-state index contributed by atoms with van der Waals surface area (Å²) in [7, 11) is 3.00. The summed E-state index contributed by atoms with van der Waals surface area (Å²) in [6.07, 6.45) is 0.593. The van der Waals surface area contributed by atoms with Gasteiger partial charge >= 0.3 is 5.97 Å². The van der Waals surface area contributed by atoms with Crippen LogP contribution in [0.3, 0.4) is 0 Å². The van der Waals surface area contributed by atoms with Crippen LogP contribution >= 0.6 is 0 Å². The zero-order valence-corrected chi connectivity index (χ0v) is 14.3. The van der Waals surface area contributed by atoms with E-state index < -0.39 is 11.8 Å². The number of hydrogen-bond donors (Lipinski definition) is 1. The van der Waals surface area contributed by atoms with Gasteiger partial charge in [0.1, 0.15) is 17.1 Å². The fourth-order valence-corrected chi connectivity index (χ4v) is 2.46. The Balaban J connectivity index is 1.93. The van der Waals surface area contributed by atoms with Crippen molar-refractivity contribution in [3.63, 3.8) is 0 Å². The molecular weight excluding hydrogens is 329 g/mol. The number of methoxy groups -OCH3 is 1. The lowest BCUT2D eigenvalue weighted by atomic mass is 10.1. The van der Waals surface area contributed by atoms with E-state index in [4.69, 9.17) is 14.3 Å².